The van der Waals surface area contributed by atoms with Crippen LogP contribution in [0.3, 0.4) is 0 Å². The van der Waals surface area contributed by atoms with E-state index in [0.717, 1.165) is 57.1 Å². The number of Topliss-reactive ketones (excluding diaryl/α,β-unsaturated/α-hetero) is 1. The van der Waals surface area contributed by atoms with Crippen molar-refractivity contribution in [1.82, 2.24) is 5.32 Å². The lowest BCUT2D eigenvalue weighted by Crippen LogP contribution is -2.61. The van der Waals surface area contributed by atoms with Crippen LogP contribution in [-0.2, 0) is 14.4 Å². The van der Waals surface area contributed by atoms with Crippen molar-refractivity contribution in [1.29, 1.82) is 0 Å². The molecule has 6 heteroatoms. The van der Waals surface area contributed by atoms with Crippen molar-refractivity contribution in [2.45, 2.75) is 71.8 Å². The number of oxime groups is 1. The minimum absolute atomic E-state index is 0.140. The van der Waals surface area contributed by atoms with E-state index in [-0.39, 0.29) is 16.9 Å². The number of fused-ring (bicyclic) bond motifs is 5. The van der Waals surface area contributed by atoms with Crippen LogP contribution in [0.1, 0.15) is 65.7 Å². The number of carbonyl (C=O) groups excluding carboxylic acids is 2. The molecule has 0 aliphatic heterocycles. The summed E-state index contributed by atoms with van der Waals surface area (Å²) in [6.07, 6.45) is 7.72. The summed E-state index contributed by atoms with van der Waals surface area (Å²) in [6.45, 7) is 7.81. The molecule has 0 aromatic rings. The topological polar surface area (TPSA) is 93.8 Å². The summed E-state index contributed by atoms with van der Waals surface area (Å²) in [7, 11) is 0. The minimum atomic E-state index is -0.140. The quantitative estimate of drug-likeness (QED) is 0.419. The normalized spacial score (nSPS) is 47.9. The van der Waals surface area contributed by atoms with Gasteiger partial charge in [-0.2, -0.15) is 0 Å². The molecule has 3 N–H and O–H groups in total. The van der Waals surface area contributed by atoms with Gasteiger partial charge in [-0.05, 0) is 73.5 Å². The first-order valence-electron chi connectivity index (χ1n) is 11.5. The van der Waals surface area contributed by atoms with Crippen molar-refractivity contribution in [3.05, 3.63) is 0 Å². The summed E-state index contributed by atoms with van der Waals surface area (Å²) in [6, 6.07) is 0.143. The van der Waals surface area contributed by atoms with Gasteiger partial charge in [-0.3, -0.25) is 9.59 Å². The zero-order valence-corrected chi connectivity index (χ0v) is 18.2. The van der Waals surface area contributed by atoms with Gasteiger partial charge in [0.15, 0.2) is 0 Å². The standard InChI is InChI=1S/C23H37N3O3/c1-14-12-23(3)17-6-7-22(2)16(4-5-21(22)28)15(17)10-20(25-13-27)18(23)11-19(14)26-29-9-8-24/h13-18,20H,4-12,24H2,1-3H3,(H,25,27)/t14?,15-,16-,17-,18?,20-,22-,23+/m0/s1. The Labute approximate surface area is 174 Å². The van der Waals surface area contributed by atoms with Crippen LogP contribution in [-0.4, -0.2) is 37.1 Å². The molecule has 0 bridgehead atoms. The number of nitrogens with two attached hydrogens (primary N) is 1. The fourth-order valence-electron chi connectivity index (χ4n) is 7.86. The third-order valence-electron chi connectivity index (χ3n) is 9.27. The molecule has 8 atom stereocenters. The van der Waals surface area contributed by atoms with Crippen molar-refractivity contribution in [3.8, 4) is 0 Å². The predicted octanol–water partition coefficient (Wildman–Crippen LogP) is 2.90. The first-order chi connectivity index (χ1) is 13.8. The average Bonchev–Trinajstić information content (AvgIpc) is 2.98. The Balaban J connectivity index is 1.65. The zero-order valence-electron chi connectivity index (χ0n) is 18.2. The van der Waals surface area contributed by atoms with Gasteiger partial charge < -0.3 is 15.9 Å². The van der Waals surface area contributed by atoms with E-state index in [9.17, 15) is 9.59 Å². The molecule has 4 aliphatic carbocycles. The van der Waals surface area contributed by atoms with Crippen LogP contribution in [0.25, 0.3) is 0 Å². The molecule has 6 nitrogen and oxygen atoms in total. The van der Waals surface area contributed by atoms with Crippen LogP contribution in [0, 0.1) is 40.4 Å². The van der Waals surface area contributed by atoms with Gasteiger partial charge >= 0.3 is 0 Å². The number of nitrogens with one attached hydrogen (secondary N) is 1. The number of hydrogen-bond acceptors (Lipinski definition) is 5. The molecule has 0 radical (unpaired) electrons. The Hall–Kier alpha value is -1.43. The van der Waals surface area contributed by atoms with Crippen molar-refractivity contribution >= 4 is 17.9 Å². The van der Waals surface area contributed by atoms with E-state index in [0.29, 0.717) is 48.5 Å². The second kappa shape index (κ2) is 7.68. The fraction of sp³-hybridized carbons (Fsp3) is 0.870. The first kappa shape index (κ1) is 20.8. The Morgan fingerprint density at radius 3 is 2.79 bits per heavy atom. The van der Waals surface area contributed by atoms with Crippen LogP contribution in [0.15, 0.2) is 5.16 Å². The molecule has 0 aromatic heterocycles. The number of nitrogens with zero attached hydrogens (tertiary/aromatic N) is 1. The molecule has 0 spiro atoms. The fourth-order valence-corrected chi connectivity index (χ4v) is 7.86. The van der Waals surface area contributed by atoms with Crippen LogP contribution in [0.5, 0.6) is 0 Å². The number of hydrogen-bond donors (Lipinski definition) is 2. The molecular weight excluding hydrogens is 366 g/mol. The van der Waals surface area contributed by atoms with Crippen molar-refractivity contribution in [3.63, 3.8) is 0 Å². The second-order valence-corrected chi connectivity index (χ2v) is 10.5. The SMILES string of the molecule is CC1C[C@@]2(C)C(CC1=NOCCN)[C@@H](NC=O)C[C@@H]1[C@@H]2CC[C@]2(C)C(=O)CC[C@@H]12. The van der Waals surface area contributed by atoms with Crippen LogP contribution >= 0.6 is 0 Å². The van der Waals surface area contributed by atoms with Gasteiger partial charge in [0.05, 0.1) is 5.71 Å². The molecule has 4 rings (SSSR count). The van der Waals surface area contributed by atoms with Crippen molar-refractivity contribution in [2.75, 3.05) is 13.2 Å². The van der Waals surface area contributed by atoms with E-state index in [4.69, 9.17) is 10.6 Å². The minimum Gasteiger partial charge on any atom is -0.394 e. The summed E-state index contributed by atoms with van der Waals surface area (Å²) in [5, 5.41) is 7.59. The van der Waals surface area contributed by atoms with Gasteiger partial charge in [0, 0.05) is 24.4 Å². The lowest BCUT2D eigenvalue weighted by Gasteiger charge is -2.62. The number of amides is 1. The van der Waals surface area contributed by atoms with Gasteiger partial charge in [0.25, 0.3) is 0 Å². The van der Waals surface area contributed by atoms with Gasteiger partial charge in [-0.1, -0.05) is 25.9 Å². The highest BCUT2D eigenvalue weighted by atomic mass is 16.6. The zero-order chi connectivity index (χ0) is 20.8. The maximum atomic E-state index is 12.7. The van der Waals surface area contributed by atoms with E-state index in [1.165, 1.54) is 0 Å². The highest BCUT2D eigenvalue weighted by Gasteiger charge is 2.62. The third-order valence-corrected chi connectivity index (χ3v) is 9.27. The van der Waals surface area contributed by atoms with E-state index in [2.05, 4.69) is 31.2 Å². The smallest absolute Gasteiger partial charge is 0.207 e. The molecule has 2 unspecified atom stereocenters. The lowest BCUT2D eigenvalue weighted by molar-refractivity contribution is -0.141. The Morgan fingerprint density at radius 2 is 2.07 bits per heavy atom. The summed E-state index contributed by atoms with van der Waals surface area (Å²) in [5.41, 5.74) is 6.66. The van der Waals surface area contributed by atoms with Gasteiger partial charge in [0.1, 0.15) is 12.4 Å². The largest absolute Gasteiger partial charge is 0.394 e. The maximum absolute atomic E-state index is 12.7. The molecule has 4 aliphatic rings. The lowest BCUT2D eigenvalue weighted by atomic mass is 9.43. The van der Waals surface area contributed by atoms with Crippen LogP contribution < -0.4 is 11.1 Å². The molecule has 4 fully saturated rings. The molecule has 0 saturated heterocycles. The number of ketones is 1. The summed E-state index contributed by atoms with van der Waals surface area (Å²) in [4.78, 5) is 29.6. The summed E-state index contributed by atoms with van der Waals surface area (Å²) >= 11 is 0. The van der Waals surface area contributed by atoms with E-state index >= 15 is 0 Å². The molecule has 29 heavy (non-hydrogen) atoms. The molecule has 0 aromatic carbocycles. The highest BCUT2D eigenvalue weighted by molar-refractivity contribution is 5.88. The highest BCUT2D eigenvalue weighted by Crippen LogP contribution is 2.65. The Morgan fingerprint density at radius 1 is 1.28 bits per heavy atom. The van der Waals surface area contributed by atoms with E-state index in [1.54, 1.807) is 0 Å². The second-order valence-electron chi connectivity index (χ2n) is 10.5. The van der Waals surface area contributed by atoms with Crippen LogP contribution in [0.2, 0.25) is 0 Å². The Kier molecular flexibility index (Phi) is 5.51. The summed E-state index contributed by atoms with van der Waals surface area (Å²) in [5.74, 6) is 2.82. The van der Waals surface area contributed by atoms with Crippen molar-refractivity contribution < 1.29 is 14.4 Å². The third kappa shape index (κ3) is 3.22. The molecule has 0 heterocycles. The molecule has 162 valence electrons. The van der Waals surface area contributed by atoms with E-state index in [1.807, 2.05) is 0 Å². The average molecular weight is 404 g/mol. The van der Waals surface area contributed by atoms with E-state index < -0.39 is 0 Å². The molecule has 1 amide bonds. The predicted molar refractivity (Wildman–Crippen MR) is 112 cm³/mol. The Bertz CT molecular complexity index is 695. The number of carbonyl (C=O) groups is 2. The monoisotopic (exact) mass is 403 g/mol. The molecule has 4 saturated carbocycles. The van der Waals surface area contributed by atoms with Gasteiger partial charge in [-0.15, -0.1) is 0 Å². The van der Waals surface area contributed by atoms with Crippen LogP contribution in [0.4, 0.5) is 0 Å². The molecular formula is C23H37N3O3. The number of rotatable bonds is 5. The van der Waals surface area contributed by atoms with Gasteiger partial charge in [-0.25, -0.2) is 0 Å². The maximum Gasteiger partial charge on any atom is 0.207 e. The summed E-state index contributed by atoms with van der Waals surface area (Å²) < 4.78 is 0. The first-order valence-corrected chi connectivity index (χ1v) is 11.5. The van der Waals surface area contributed by atoms with Crippen molar-refractivity contribution in [2.24, 2.45) is 51.3 Å². The van der Waals surface area contributed by atoms with Gasteiger partial charge in [0.2, 0.25) is 6.41 Å².